The zero-order valence-electron chi connectivity index (χ0n) is 9.37. The van der Waals surface area contributed by atoms with E-state index in [4.69, 9.17) is 9.47 Å². The summed E-state index contributed by atoms with van der Waals surface area (Å²) in [7, 11) is 0. The molecule has 0 bridgehead atoms. The summed E-state index contributed by atoms with van der Waals surface area (Å²) in [6.45, 7) is 5.33. The first kappa shape index (κ1) is 11.5. The van der Waals surface area contributed by atoms with Crippen molar-refractivity contribution < 1.29 is 9.47 Å². The highest BCUT2D eigenvalue weighted by molar-refractivity contribution is 9.11. The molecule has 3 nitrogen and oxygen atoms in total. The fourth-order valence-electron chi connectivity index (χ4n) is 1.63. The average molecular weight is 332 g/mol. The van der Waals surface area contributed by atoms with E-state index in [9.17, 15) is 0 Å². The molecule has 0 amide bonds. The summed E-state index contributed by atoms with van der Waals surface area (Å²) in [5.74, 6) is 1.66. The zero-order chi connectivity index (χ0) is 12.0. The van der Waals surface area contributed by atoms with E-state index in [1.165, 1.54) is 4.88 Å². The van der Waals surface area contributed by atoms with Crippen LogP contribution in [0, 0.1) is 13.8 Å². The molecule has 0 fully saturated rings. The van der Waals surface area contributed by atoms with Gasteiger partial charge in [-0.3, -0.25) is 0 Å². The fourth-order valence-corrected chi connectivity index (χ4v) is 4.31. The summed E-state index contributed by atoms with van der Waals surface area (Å²) in [6.07, 6.45) is 0. The zero-order valence-corrected chi connectivity index (χ0v) is 12.6. The standard InChI is InChI=1S/C11H10BrNO2S2/c1-5-6(2)16-11(13-5)9-7-8(10(12)17-9)15-4-3-14-7/h3-4H2,1-2H3. The van der Waals surface area contributed by atoms with Crippen LogP contribution in [0.2, 0.25) is 0 Å². The highest BCUT2D eigenvalue weighted by atomic mass is 79.9. The largest absolute Gasteiger partial charge is 0.484 e. The van der Waals surface area contributed by atoms with Gasteiger partial charge in [0.25, 0.3) is 0 Å². The molecule has 17 heavy (non-hydrogen) atoms. The molecular formula is C11H10BrNO2S2. The molecule has 0 unspecified atom stereocenters. The minimum absolute atomic E-state index is 0.604. The lowest BCUT2D eigenvalue weighted by atomic mass is 10.4. The number of aromatic nitrogens is 1. The number of hydrogen-bond acceptors (Lipinski definition) is 5. The predicted molar refractivity (Wildman–Crippen MR) is 73.6 cm³/mol. The Labute approximate surface area is 116 Å². The topological polar surface area (TPSA) is 31.4 Å². The van der Waals surface area contributed by atoms with Gasteiger partial charge in [0.15, 0.2) is 11.5 Å². The third-order valence-corrected chi connectivity index (χ3v) is 5.59. The maximum Gasteiger partial charge on any atom is 0.187 e. The van der Waals surface area contributed by atoms with Crippen LogP contribution in [0.1, 0.15) is 10.6 Å². The molecule has 1 aliphatic rings. The van der Waals surface area contributed by atoms with Crippen LogP contribution in [0.25, 0.3) is 9.88 Å². The van der Waals surface area contributed by atoms with E-state index < -0.39 is 0 Å². The Bertz CT molecular complexity index is 557. The molecule has 0 N–H and O–H groups in total. The monoisotopic (exact) mass is 331 g/mol. The molecular weight excluding hydrogens is 322 g/mol. The maximum absolute atomic E-state index is 5.70. The molecule has 0 spiro atoms. The second kappa shape index (κ2) is 4.26. The van der Waals surface area contributed by atoms with E-state index >= 15 is 0 Å². The highest BCUT2D eigenvalue weighted by Gasteiger charge is 2.25. The lowest BCUT2D eigenvalue weighted by Gasteiger charge is -2.15. The van der Waals surface area contributed by atoms with Gasteiger partial charge in [-0.15, -0.1) is 22.7 Å². The van der Waals surface area contributed by atoms with Gasteiger partial charge in [0, 0.05) is 4.88 Å². The van der Waals surface area contributed by atoms with E-state index in [2.05, 4.69) is 27.8 Å². The third kappa shape index (κ3) is 1.88. The van der Waals surface area contributed by atoms with E-state index in [-0.39, 0.29) is 0 Å². The molecule has 0 aliphatic carbocycles. The van der Waals surface area contributed by atoms with E-state index in [1.54, 1.807) is 22.7 Å². The maximum atomic E-state index is 5.70. The molecule has 6 heteroatoms. The van der Waals surface area contributed by atoms with Gasteiger partial charge in [0.1, 0.15) is 26.9 Å². The van der Waals surface area contributed by atoms with Crippen molar-refractivity contribution in [3.05, 3.63) is 14.4 Å². The molecule has 3 heterocycles. The number of fused-ring (bicyclic) bond motifs is 1. The van der Waals surface area contributed by atoms with Crippen molar-refractivity contribution in [3.8, 4) is 21.4 Å². The molecule has 1 aliphatic heterocycles. The first-order valence-electron chi connectivity index (χ1n) is 5.19. The number of thiazole rings is 1. The van der Waals surface area contributed by atoms with Crippen LogP contribution < -0.4 is 9.47 Å². The average Bonchev–Trinajstić information content (AvgIpc) is 2.82. The quantitative estimate of drug-likeness (QED) is 0.790. The van der Waals surface area contributed by atoms with Crippen LogP contribution in [0.5, 0.6) is 11.5 Å². The van der Waals surface area contributed by atoms with Crippen molar-refractivity contribution >= 4 is 38.6 Å². The third-order valence-electron chi connectivity index (χ3n) is 2.58. The van der Waals surface area contributed by atoms with Gasteiger partial charge >= 0.3 is 0 Å². The molecule has 2 aromatic heterocycles. The summed E-state index contributed by atoms with van der Waals surface area (Å²) in [4.78, 5) is 6.88. The number of halogens is 1. The van der Waals surface area contributed by atoms with Crippen LogP contribution in [0.4, 0.5) is 0 Å². The van der Waals surface area contributed by atoms with Crippen molar-refractivity contribution in [3.63, 3.8) is 0 Å². The van der Waals surface area contributed by atoms with Crippen molar-refractivity contribution in [1.29, 1.82) is 0 Å². The molecule has 0 aromatic carbocycles. The highest BCUT2D eigenvalue weighted by Crippen LogP contribution is 2.52. The first-order valence-corrected chi connectivity index (χ1v) is 7.61. The first-order chi connectivity index (χ1) is 8.16. The molecule has 2 aromatic rings. The van der Waals surface area contributed by atoms with Crippen molar-refractivity contribution in [1.82, 2.24) is 4.98 Å². The van der Waals surface area contributed by atoms with E-state index in [0.29, 0.717) is 13.2 Å². The Balaban J connectivity index is 2.14. The lowest BCUT2D eigenvalue weighted by Crippen LogP contribution is -2.14. The van der Waals surface area contributed by atoms with Gasteiger partial charge in [0.2, 0.25) is 0 Å². The van der Waals surface area contributed by atoms with E-state index in [0.717, 1.165) is 30.9 Å². The minimum atomic E-state index is 0.604. The van der Waals surface area contributed by atoms with Gasteiger partial charge in [-0.25, -0.2) is 4.98 Å². The second-order valence-electron chi connectivity index (χ2n) is 3.72. The van der Waals surface area contributed by atoms with Gasteiger partial charge in [0.05, 0.1) is 5.69 Å². The van der Waals surface area contributed by atoms with Gasteiger partial charge in [-0.2, -0.15) is 0 Å². The van der Waals surface area contributed by atoms with Crippen molar-refractivity contribution in [2.24, 2.45) is 0 Å². The predicted octanol–water partition coefficient (Wildman–Crippen LogP) is 4.02. The number of aryl methyl sites for hydroxylation is 2. The summed E-state index contributed by atoms with van der Waals surface area (Å²) >= 11 is 6.83. The Kier molecular flexibility index (Phi) is 2.88. The van der Waals surface area contributed by atoms with Crippen molar-refractivity contribution in [2.45, 2.75) is 13.8 Å². The summed E-state index contributed by atoms with van der Waals surface area (Å²) in [5.41, 5.74) is 1.08. The number of ether oxygens (including phenoxy) is 2. The van der Waals surface area contributed by atoms with Crippen molar-refractivity contribution in [2.75, 3.05) is 13.2 Å². The van der Waals surface area contributed by atoms with Crippen LogP contribution >= 0.6 is 38.6 Å². The van der Waals surface area contributed by atoms with Crippen LogP contribution in [0.15, 0.2) is 3.79 Å². The summed E-state index contributed by atoms with van der Waals surface area (Å²) in [5, 5.41) is 1.01. The SMILES string of the molecule is Cc1nc(-c2sc(Br)c3c2OCCO3)sc1C. The summed E-state index contributed by atoms with van der Waals surface area (Å²) in [6, 6.07) is 0. The lowest BCUT2D eigenvalue weighted by molar-refractivity contribution is 0.173. The van der Waals surface area contributed by atoms with E-state index in [1.807, 2.05) is 6.92 Å². The number of thiophene rings is 1. The molecule has 90 valence electrons. The molecule has 0 radical (unpaired) electrons. The molecule has 0 atom stereocenters. The minimum Gasteiger partial charge on any atom is -0.484 e. The fraction of sp³-hybridized carbons (Fsp3) is 0.364. The van der Waals surface area contributed by atoms with Crippen LogP contribution in [-0.4, -0.2) is 18.2 Å². The molecule has 3 rings (SSSR count). The Morgan fingerprint density at radius 1 is 1.12 bits per heavy atom. The van der Waals surface area contributed by atoms with Crippen LogP contribution in [-0.2, 0) is 0 Å². The molecule has 0 saturated carbocycles. The smallest absolute Gasteiger partial charge is 0.187 e. The Morgan fingerprint density at radius 2 is 1.82 bits per heavy atom. The number of rotatable bonds is 1. The second-order valence-corrected chi connectivity index (χ2v) is 7.26. The Morgan fingerprint density at radius 3 is 2.47 bits per heavy atom. The van der Waals surface area contributed by atoms with Crippen LogP contribution in [0.3, 0.4) is 0 Å². The number of hydrogen-bond donors (Lipinski definition) is 0. The van der Waals surface area contributed by atoms with Gasteiger partial charge in [-0.1, -0.05) is 0 Å². The normalized spacial score (nSPS) is 14.1. The molecule has 0 saturated heterocycles. The number of nitrogens with zero attached hydrogens (tertiary/aromatic N) is 1. The summed E-state index contributed by atoms with van der Waals surface area (Å²) < 4.78 is 12.3. The van der Waals surface area contributed by atoms with Gasteiger partial charge < -0.3 is 9.47 Å². The van der Waals surface area contributed by atoms with Gasteiger partial charge in [-0.05, 0) is 29.8 Å². The Hall–Kier alpha value is -0.590.